The third-order valence-electron chi connectivity index (χ3n) is 7.96. The molecule has 1 aromatic heterocycles. The maximum Gasteiger partial charge on any atom is 0.230 e. The molecule has 0 radical (unpaired) electrons. The number of nitrogens with zero attached hydrogens (tertiary/aromatic N) is 5. The van der Waals surface area contributed by atoms with Crippen LogP contribution in [0, 0.1) is 19.3 Å². The van der Waals surface area contributed by atoms with Crippen LogP contribution in [0.5, 0.6) is 0 Å². The van der Waals surface area contributed by atoms with Crippen molar-refractivity contribution in [3.63, 3.8) is 0 Å². The van der Waals surface area contributed by atoms with Crippen LogP contribution in [0.25, 0.3) is 0 Å². The number of aryl methyl sites for hydroxylation is 1. The van der Waals surface area contributed by atoms with Crippen LogP contribution in [-0.4, -0.2) is 62.8 Å². The van der Waals surface area contributed by atoms with Gasteiger partial charge < -0.3 is 15.1 Å². The van der Waals surface area contributed by atoms with Gasteiger partial charge in [0, 0.05) is 42.3 Å². The molecule has 0 bridgehead atoms. The Bertz CT molecular complexity index is 936. The lowest BCUT2D eigenvalue weighted by atomic mass is 9.78. The quantitative estimate of drug-likeness (QED) is 0.417. The van der Waals surface area contributed by atoms with E-state index in [-0.39, 0.29) is 22.7 Å². The molecule has 0 amide bonds. The van der Waals surface area contributed by atoms with Crippen molar-refractivity contribution in [3.8, 4) is 12.3 Å². The fraction of sp³-hybridized carbons (Fsp3) is 0.833. The van der Waals surface area contributed by atoms with Gasteiger partial charge in [0.25, 0.3) is 0 Å². The molecule has 2 aliphatic rings. The van der Waals surface area contributed by atoms with Gasteiger partial charge in [-0.1, -0.05) is 32.6 Å². The van der Waals surface area contributed by atoms with Crippen LogP contribution < -0.4 is 20.4 Å². The summed E-state index contributed by atoms with van der Waals surface area (Å²) in [5.41, 5.74) is -0.333. The number of rotatable bonds is 10. The van der Waals surface area contributed by atoms with Crippen LogP contribution in [-0.2, 0) is 0 Å². The number of hydrogen-bond donors (Lipinski definition) is 2. The molecule has 3 unspecified atom stereocenters. The average molecular weight is 512 g/mol. The van der Waals surface area contributed by atoms with Gasteiger partial charge in [-0.3, -0.25) is 5.32 Å². The fourth-order valence-electron chi connectivity index (χ4n) is 6.66. The van der Waals surface area contributed by atoms with Gasteiger partial charge in [0.2, 0.25) is 11.9 Å². The highest BCUT2D eigenvalue weighted by Gasteiger charge is 2.42. The monoisotopic (exact) mass is 511 g/mol. The van der Waals surface area contributed by atoms with Crippen LogP contribution in [0.15, 0.2) is 0 Å². The Balaban J connectivity index is 2.01. The largest absolute Gasteiger partial charge is 0.338 e. The predicted octanol–water partition coefficient (Wildman–Crippen LogP) is 5.23. The third kappa shape index (κ3) is 7.80. The first-order valence-corrected chi connectivity index (χ1v) is 14.6. The minimum atomic E-state index is -0.355. The maximum atomic E-state index is 6.03. The number of anilines is 2. The highest BCUT2D eigenvalue weighted by Crippen LogP contribution is 2.34. The molecule has 3 heterocycles. The van der Waals surface area contributed by atoms with E-state index in [1.165, 1.54) is 0 Å². The summed E-state index contributed by atoms with van der Waals surface area (Å²) < 4.78 is 0. The van der Waals surface area contributed by atoms with Crippen LogP contribution in [0.2, 0.25) is 0 Å². The first-order valence-electron chi connectivity index (χ1n) is 14.6. The molecule has 3 rings (SSSR count). The standard InChI is InChI=1S/C30H53N7/c1-11-14-16-36(24-18-22(4)34-28(6,7)19-24)26-31-23(5)32-27(33-26)37(17-15-12-2)25-20-29(8,9)35-30(10,13-3)21-25/h3,22,24-25,34-35H,11-12,14-21H2,1-2,4-10H3/t22-,24?,25?,30?/m1/s1. The zero-order valence-electron chi connectivity index (χ0n) is 25.1. The van der Waals surface area contributed by atoms with Crippen molar-refractivity contribution in [1.29, 1.82) is 0 Å². The number of piperidine rings is 2. The van der Waals surface area contributed by atoms with E-state index in [2.05, 4.69) is 81.7 Å². The third-order valence-corrected chi connectivity index (χ3v) is 7.96. The van der Waals surface area contributed by atoms with Crippen molar-refractivity contribution < 1.29 is 0 Å². The van der Waals surface area contributed by atoms with Crippen molar-refractivity contribution in [1.82, 2.24) is 25.6 Å². The Morgan fingerprint density at radius 3 is 1.92 bits per heavy atom. The number of unbranched alkanes of at least 4 members (excludes halogenated alkanes) is 2. The summed E-state index contributed by atoms with van der Waals surface area (Å²) in [6.07, 6.45) is 14.5. The second-order valence-electron chi connectivity index (χ2n) is 13.1. The Hall–Kier alpha value is -1.91. The van der Waals surface area contributed by atoms with Gasteiger partial charge in [0.1, 0.15) is 5.82 Å². The zero-order chi connectivity index (χ0) is 27.4. The van der Waals surface area contributed by atoms with E-state index in [9.17, 15) is 0 Å². The molecule has 7 nitrogen and oxygen atoms in total. The molecular formula is C30H53N7. The zero-order valence-corrected chi connectivity index (χ0v) is 25.1. The minimum absolute atomic E-state index is 0.0661. The van der Waals surface area contributed by atoms with Crippen LogP contribution in [0.1, 0.15) is 113 Å². The van der Waals surface area contributed by atoms with E-state index in [0.29, 0.717) is 12.1 Å². The van der Waals surface area contributed by atoms with Gasteiger partial charge in [-0.25, -0.2) is 0 Å². The number of terminal acetylenes is 1. The van der Waals surface area contributed by atoms with Gasteiger partial charge in [-0.2, -0.15) is 15.0 Å². The molecule has 2 N–H and O–H groups in total. The summed E-state index contributed by atoms with van der Waals surface area (Å²) in [7, 11) is 0. The average Bonchev–Trinajstić information content (AvgIpc) is 2.77. The highest BCUT2D eigenvalue weighted by atomic mass is 15.4. The van der Waals surface area contributed by atoms with Gasteiger partial charge >= 0.3 is 0 Å². The molecule has 2 aliphatic heterocycles. The molecular weight excluding hydrogens is 458 g/mol. The number of nitrogens with one attached hydrogen (secondary N) is 2. The lowest BCUT2D eigenvalue weighted by molar-refractivity contribution is 0.183. The molecule has 37 heavy (non-hydrogen) atoms. The first kappa shape index (κ1) is 29.6. The van der Waals surface area contributed by atoms with Crippen molar-refractivity contribution in [2.45, 2.75) is 148 Å². The fourth-order valence-corrected chi connectivity index (χ4v) is 6.66. The molecule has 0 spiro atoms. The minimum Gasteiger partial charge on any atom is -0.338 e. The molecule has 0 aromatic carbocycles. The van der Waals surface area contributed by atoms with E-state index in [1.54, 1.807) is 0 Å². The topological polar surface area (TPSA) is 69.2 Å². The Labute approximate surface area is 227 Å². The molecule has 208 valence electrons. The van der Waals surface area contributed by atoms with Gasteiger partial charge in [-0.15, -0.1) is 6.42 Å². The summed E-state index contributed by atoms with van der Waals surface area (Å²) in [4.78, 5) is 20.0. The molecule has 4 atom stereocenters. The van der Waals surface area contributed by atoms with E-state index in [1.807, 2.05) is 6.92 Å². The molecule has 2 saturated heterocycles. The van der Waals surface area contributed by atoms with Crippen molar-refractivity contribution >= 4 is 11.9 Å². The predicted molar refractivity (Wildman–Crippen MR) is 156 cm³/mol. The van der Waals surface area contributed by atoms with E-state index in [0.717, 1.165) is 82.2 Å². The summed E-state index contributed by atoms with van der Waals surface area (Å²) >= 11 is 0. The molecule has 0 saturated carbocycles. The molecule has 0 aliphatic carbocycles. The van der Waals surface area contributed by atoms with Gasteiger partial charge in [0.05, 0.1) is 5.54 Å². The Morgan fingerprint density at radius 2 is 1.41 bits per heavy atom. The molecule has 7 heteroatoms. The summed E-state index contributed by atoms with van der Waals surface area (Å²) in [6.45, 7) is 22.0. The first-order chi connectivity index (χ1) is 17.3. The number of hydrogen-bond acceptors (Lipinski definition) is 7. The summed E-state index contributed by atoms with van der Waals surface area (Å²) in [5.74, 6) is 5.47. The molecule has 2 fully saturated rings. The second-order valence-corrected chi connectivity index (χ2v) is 13.1. The number of aromatic nitrogens is 3. The summed E-state index contributed by atoms with van der Waals surface area (Å²) in [6, 6.07) is 1.12. The smallest absolute Gasteiger partial charge is 0.230 e. The normalized spacial score (nSPS) is 28.9. The lowest BCUT2D eigenvalue weighted by Crippen LogP contribution is -2.63. The van der Waals surface area contributed by atoms with Crippen LogP contribution in [0.4, 0.5) is 11.9 Å². The van der Waals surface area contributed by atoms with E-state index in [4.69, 9.17) is 21.4 Å². The second kappa shape index (κ2) is 11.9. The van der Waals surface area contributed by atoms with Crippen molar-refractivity contribution in [2.75, 3.05) is 22.9 Å². The van der Waals surface area contributed by atoms with Crippen LogP contribution >= 0.6 is 0 Å². The van der Waals surface area contributed by atoms with Gasteiger partial charge in [0.15, 0.2) is 0 Å². The Kier molecular flexibility index (Phi) is 9.51. The van der Waals surface area contributed by atoms with Crippen molar-refractivity contribution in [2.24, 2.45) is 0 Å². The van der Waals surface area contributed by atoms with Crippen LogP contribution in [0.3, 0.4) is 0 Å². The van der Waals surface area contributed by atoms with E-state index >= 15 is 0 Å². The lowest BCUT2D eigenvalue weighted by Gasteiger charge is -2.49. The van der Waals surface area contributed by atoms with E-state index < -0.39 is 0 Å². The SMILES string of the molecule is C#CC1(C)CC(N(CCCC)c2nc(C)nc(N(CCCC)C3C[C@@H](C)NC(C)(C)C3)n2)CC(C)(C)N1. The Morgan fingerprint density at radius 1 is 0.865 bits per heavy atom. The summed E-state index contributed by atoms with van der Waals surface area (Å²) in [5, 5.41) is 7.47. The van der Waals surface area contributed by atoms with Gasteiger partial charge in [-0.05, 0) is 87.0 Å². The molecule has 1 aromatic rings. The maximum absolute atomic E-state index is 6.03. The highest BCUT2D eigenvalue weighted by molar-refractivity contribution is 5.42. The van der Waals surface area contributed by atoms with Crippen molar-refractivity contribution in [3.05, 3.63) is 5.82 Å².